The molecule has 2 amide bonds. The molecule has 1 aromatic rings. The number of nitrogens with one attached hydrogen (secondary N) is 2. The summed E-state index contributed by atoms with van der Waals surface area (Å²) in [5.74, 6) is 0.577. The minimum Gasteiger partial charge on any atom is -0.486 e. The van der Waals surface area contributed by atoms with Crippen LogP contribution in [-0.4, -0.2) is 38.1 Å². The minimum atomic E-state index is -0.549. The first-order valence-electron chi connectivity index (χ1n) is 7.85. The van der Waals surface area contributed by atoms with Crippen LogP contribution in [0.3, 0.4) is 0 Å². The number of hydrogen-bond donors (Lipinski definition) is 2. The van der Waals surface area contributed by atoms with Gasteiger partial charge < -0.3 is 20.1 Å². The van der Waals surface area contributed by atoms with E-state index in [2.05, 4.69) is 10.6 Å². The van der Waals surface area contributed by atoms with Crippen LogP contribution in [0.1, 0.15) is 32.3 Å². The summed E-state index contributed by atoms with van der Waals surface area (Å²) in [7, 11) is 1.56. The first-order valence-corrected chi connectivity index (χ1v) is 7.85. The van der Waals surface area contributed by atoms with E-state index in [-0.39, 0.29) is 17.7 Å². The Labute approximate surface area is 136 Å². The molecule has 126 valence electrons. The third kappa shape index (κ3) is 3.94. The Kier molecular flexibility index (Phi) is 5.47. The Morgan fingerprint density at radius 3 is 2.30 bits per heavy atom. The van der Waals surface area contributed by atoms with Crippen LogP contribution in [0.4, 0.5) is 0 Å². The molecule has 0 unspecified atom stereocenters. The Morgan fingerprint density at radius 1 is 1.04 bits per heavy atom. The lowest BCUT2D eigenvalue weighted by Gasteiger charge is -2.24. The summed E-state index contributed by atoms with van der Waals surface area (Å²) < 4.78 is 11.0. The number of carbonyl (C=O) groups is 2. The molecule has 2 atom stereocenters. The predicted octanol–water partition coefficient (Wildman–Crippen LogP) is 1.45. The number of benzene rings is 1. The molecule has 6 nitrogen and oxygen atoms in total. The largest absolute Gasteiger partial charge is 0.486 e. The van der Waals surface area contributed by atoms with Crippen molar-refractivity contribution in [3.05, 3.63) is 23.8 Å². The highest BCUT2D eigenvalue weighted by Crippen LogP contribution is 2.33. The SMILES string of the molecule is CNC(=O)[C@@H](NC(=O)[C@H](C)c1ccc2c(c1)OCCO2)C(C)C. The third-order valence-electron chi connectivity index (χ3n) is 3.95. The summed E-state index contributed by atoms with van der Waals surface area (Å²) in [5, 5.41) is 5.40. The van der Waals surface area contributed by atoms with E-state index in [0.717, 1.165) is 5.56 Å². The molecule has 23 heavy (non-hydrogen) atoms. The molecule has 0 radical (unpaired) electrons. The summed E-state index contributed by atoms with van der Waals surface area (Å²) in [4.78, 5) is 24.4. The zero-order valence-electron chi connectivity index (χ0n) is 14.0. The number of ether oxygens (including phenoxy) is 2. The zero-order chi connectivity index (χ0) is 17.0. The molecule has 2 rings (SSSR count). The molecule has 0 saturated carbocycles. The van der Waals surface area contributed by atoms with E-state index in [1.54, 1.807) is 7.05 Å². The Hall–Kier alpha value is -2.24. The number of carbonyl (C=O) groups excluding carboxylic acids is 2. The molecule has 1 aromatic carbocycles. The number of hydrogen-bond acceptors (Lipinski definition) is 4. The molecule has 0 saturated heterocycles. The summed E-state index contributed by atoms with van der Waals surface area (Å²) in [6.07, 6.45) is 0. The second-order valence-corrected chi connectivity index (χ2v) is 5.97. The van der Waals surface area contributed by atoms with Gasteiger partial charge in [0.15, 0.2) is 11.5 Å². The minimum absolute atomic E-state index is 0.00589. The van der Waals surface area contributed by atoms with Gasteiger partial charge in [-0.15, -0.1) is 0 Å². The maximum absolute atomic E-state index is 12.5. The van der Waals surface area contributed by atoms with Crippen molar-refractivity contribution >= 4 is 11.8 Å². The number of amides is 2. The van der Waals surface area contributed by atoms with E-state index in [9.17, 15) is 9.59 Å². The van der Waals surface area contributed by atoms with Crippen LogP contribution in [-0.2, 0) is 9.59 Å². The second kappa shape index (κ2) is 7.35. The number of likely N-dealkylation sites (N-methyl/N-ethyl adjacent to an activating group) is 1. The van der Waals surface area contributed by atoms with Crippen molar-refractivity contribution in [3.63, 3.8) is 0 Å². The summed E-state index contributed by atoms with van der Waals surface area (Å²) in [6, 6.07) is 4.93. The fourth-order valence-corrected chi connectivity index (χ4v) is 2.45. The smallest absolute Gasteiger partial charge is 0.242 e. The van der Waals surface area contributed by atoms with Crippen LogP contribution in [0.5, 0.6) is 11.5 Å². The molecule has 0 bridgehead atoms. The second-order valence-electron chi connectivity index (χ2n) is 5.97. The average molecular weight is 320 g/mol. The highest BCUT2D eigenvalue weighted by Gasteiger charge is 2.26. The molecule has 1 heterocycles. The standard InChI is InChI=1S/C17H24N2O4/c1-10(2)15(17(21)18-4)19-16(20)11(3)12-5-6-13-14(9-12)23-8-7-22-13/h5-6,9-11,15H,7-8H2,1-4H3,(H,18,21)(H,19,20)/t11-,15+/m1/s1. The lowest BCUT2D eigenvalue weighted by Crippen LogP contribution is -2.49. The first kappa shape index (κ1) is 17.1. The molecule has 1 aliphatic rings. The Morgan fingerprint density at radius 2 is 1.70 bits per heavy atom. The highest BCUT2D eigenvalue weighted by atomic mass is 16.6. The monoisotopic (exact) mass is 320 g/mol. The van der Waals surface area contributed by atoms with Crippen LogP contribution >= 0.6 is 0 Å². The van der Waals surface area contributed by atoms with Gasteiger partial charge in [0, 0.05) is 7.05 Å². The topological polar surface area (TPSA) is 76.7 Å². The molecule has 1 aliphatic heterocycles. The van der Waals surface area contributed by atoms with Gasteiger partial charge in [0.1, 0.15) is 19.3 Å². The molecule has 0 aliphatic carbocycles. The molecular weight excluding hydrogens is 296 g/mol. The van der Waals surface area contributed by atoms with Gasteiger partial charge in [0.2, 0.25) is 11.8 Å². The van der Waals surface area contributed by atoms with E-state index in [1.165, 1.54) is 0 Å². The third-order valence-corrected chi connectivity index (χ3v) is 3.95. The lowest BCUT2D eigenvalue weighted by molar-refractivity contribution is -0.130. The van der Waals surface area contributed by atoms with Crippen LogP contribution in [0, 0.1) is 5.92 Å². The van der Waals surface area contributed by atoms with Gasteiger partial charge in [-0.2, -0.15) is 0 Å². The van der Waals surface area contributed by atoms with E-state index >= 15 is 0 Å². The maximum atomic E-state index is 12.5. The van der Waals surface area contributed by atoms with E-state index in [1.807, 2.05) is 39.0 Å². The highest BCUT2D eigenvalue weighted by molar-refractivity contribution is 5.90. The van der Waals surface area contributed by atoms with Gasteiger partial charge in [0.05, 0.1) is 5.92 Å². The van der Waals surface area contributed by atoms with Crippen LogP contribution < -0.4 is 20.1 Å². The van der Waals surface area contributed by atoms with Crippen molar-refractivity contribution in [2.75, 3.05) is 20.3 Å². The summed E-state index contributed by atoms with van der Waals surface area (Å²) in [5.41, 5.74) is 0.825. The summed E-state index contributed by atoms with van der Waals surface area (Å²) in [6.45, 7) is 6.64. The molecule has 0 fully saturated rings. The first-order chi connectivity index (χ1) is 10.9. The fraction of sp³-hybridized carbons (Fsp3) is 0.529. The Bertz CT molecular complexity index is 586. The van der Waals surface area contributed by atoms with Gasteiger partial charge in [-0.05, 0) is 30.5 Å². The van der Waals surface area contributed by atoms with Gasteiger partial charge in [-0.3, -0.25) is 9.59 Å². The average Bonchev–Trinajstić information content (AvgIpc) is 2.57. The summed E-state index contributed by atoms with van der Waals surface area (Å²) >= 11 is 0. The van der Waals surface area contributed by atoms with Gasteiger partial charge in [-0.25, -0.2) is 0 Å². The van der Waals surface area contributed by atoms with Crippen molar-refractivity contribution in [2.45, 2.75) is 32.7 Å². The van der Waals surface area contributed by atoms with Crippen LogP contribution in [0.15, 0.2) is 18.2 Å². The van der Waals surface area contributed by atoms with Crippen molar-refractivity contribution in [1.82, 2.24) is 10.6 Å². The van der Waals surface area contributed by atoms with Gasteiger partial charge in [-0.1, -0.05) is 19.9 Å². The van der Waals surface area contributed by atoms with Crippen molar-refractivity contribution in [1.29, 1.82) is 0 Å². The zero-order valence-corrected chi connectivity index (χ0v) is 14.0. The van der Waals surface area contributed by atoms with E-state index in [4.69, 9.17) is 9.47 Å². The lowest BCUT2D eigenvalue weighted by atomic mass is 9.97. The molecular formula is C17H24N2O4. The molecule has 0 spiro atoms. The quantitative estimate of drug-likeness (QED) is 0.861. The maximum Gasteiger partial charge on any atom is 0.242 e. The van der Waals surface area contributed by atoms with Crippen molar-refractivity contribution in [3.8, 4) is 11.5 Å². The van der Waals surface area contributed by atoms with Crippen LogP contribution in [0.25, 0.3) is 0 Å². The molecule has 0 aromatic heterocycles. The van der Waals surface area contributed by atoms with Crippen molar-refractivity contribution < 1.29 is 19.1 Å². The van der Waals surface area contributed by atoms with E-state index < -0.39 is 12.0 Å². The molecule has 6 heteroatoms. The molecule has 2 N–H and O–H groups in total. The van der Waals surface area contributed by atoms with Gasteiger partial charge in [0.25, 0.3) is 0 Å². The Balaban J connectivity index is 2.11. The van der Waals surface area contributed by atoms with Crippen molar-refractivity contribution in [2.24, 2.45) is 5.92 Å². The van der Waals surface area contributed by atoms with Crippen LogP contribution in [0.2, 0.25) is 0 Å². The predicted molar refractivity (Wildman–Crippen MR) is 86.7 cm³/mol. The number of rotatable bonds is 5. The van der Waals surface area contributed by atoms with Gasteiger partial charge >= 0.3 is 0 Å². The van der Waals surface area contributed by atoms with E-state index in [0.29, 0.717) is 24.7 Å². The number of fused-ring (bicyclic) bond motifs is 1. The fourth-order valence-electron chi connectivity index (χ4n) is 2.45. The normalized spacial score (nSPS) is 15.7.